The average molecular weight is 255 g/mol. The Balaban J connectivity index is 2.69. The minimum absolute atomic E-state index is 0.175. The van der Waals surface area contributed by atoms with Gasteiger partial charge in [0.25, 0.3) is 0 Å². The molecule has 1 saturated heterocycles. The Morgan fingerprint density at radius 3 is 2.28 bits per heavy atom. The number of carboxylic acids is 1. The fourth-order valence-electron chi connectivity index (χ4n) is 3.13. The van der Waals surface area contributed by atoms with Crippen LogP contribution in [-0.2, 0) is 4.79 Å². The second-order valence-corrected chi connectivity index (χ2v) is 7.06. The summed E-state index contributed by atoms with van der Waals surface area (Å²) in [7, 11) is 0. The van der Waals surface area contributed by atoms with Gasteiger partial charge in [-0.3, -0.25) is 9.69 Å². The molecule has 1 aliphatic rings. The summed E-state index contributed by atoms with van der Waals surface area (Å²) >= 11 is 0. The first-order valence-corrected chi connectivity index (χ1v) is 7.20. The molecule has 0 radical (unpaired) electrons. The van der Waals surface area contributed by atoms with Crippen molar-refractivity contribution in [2.75, 3.05) is 13.1 Å². The molecule has 0 aromatic rings. The molecule has 2 unspecified atom stereocenters. The zero-order chi connectivity index (χ0) is 13.9. The van der Waals surface area contributed by atoms with Crippen molar-refractivity contribution in [1.29, 1.82) is 0 Å². The van der Waals surface area contributed by atoms with Crippen LogP contribution in [-0.4, -0.2) is 35.1 Å². The highest BCUT2D eigenvalue weighted by Crippen LogP contribution is 2.34. The third kappa shape index (κ3) is 3.98. The van der Waals surface area contributed by atoms with E-state index in [-0.39, 0.29) is 12.0 Å². The van der Waals surface area contributed by atoms with Gasteiger partial charge in [-0.1, -0.05) is 34.6 Å². The molecule has 0 aromatic heterocycles. The molecule has 1 N–H and O–H groups in total. The van der Waals surface area contributed by atoms with E-state index in [0.717, 1.165) is 25.9 Å². The van der Waals surface area contributed by atoms with Crippen LogP contribution < -0.4 is 0 Å². The number of rotatable bonds is 3. The van der Waals surface area contributed by atoms with Crippen LogP contribution in [0.5, 0.6) is 0 Å². The van der Waals surface area contributed by atoms with Gasteiger partial charge in [0.2, 0.25) is 0 Å². The quantitative estimate of drug-likeness (QED) is 0.841. The first-order valence-electron chi connectivity index (χ1n) is 7.20. The Bertz CT molecular complexity index is 281. The lowest BCUT2D eigenvalue weighted by atomic mass is 9.77. The second kappa shape index (κ2) is 6.05. The monoisotopic (exact) mass is 255 g/mol. The first-order chi connectivity index (χ1) is 8.23. The maximum Gasteiger partial charge on any atom is 0.321 e. The maximum absolute atomic E-state index is 11.4. The van der Waals surface area contributed by atoms with Crippen molar-refractivity contribution in [1.82, 2.24) is 4.90 Å². The Hall–Kier alpha value is -0.570. The van der Waals surface area contributed by atoms with Crippen LogP contribution in [0.4, 0.5) is 0 Å². The van der Waals surface area contributed by atoms with Crippen LogP contribution in [0.15, 0.2) is 0 Å². The number of carboxylic acid groups (broad SMARTS) is 1. The van der Waals surface area contributed by atoms with E-state index >= 15 is 0 Å². The largest absolute Gasteiger partial charge is 0.480 e. The van der Waals surface area contributed by atoms with E-state index in [0.29, 0.717) is 11.3 Å². The van der Waals surface area contributed by atoms with Gasteiger partial charge < -0.3 is 5.11 Å². The number of hydrogen-bond acceptors (Lipinski definition) is 2. The molecule has 1 aliphatic heterocycles. The highest BCUT2D eigenvalue weighted by molar-refractivity contribution is 5.73. The van der Waals surface area contributed by atoms with Gasteiger partial charge in [0.05, 0.1) is 0 Å². The van der Waals surface area contributed by atoms with Crippen LogP contribution in [0.25, 0.3) is 0 Å². The summed E-state index contributed by atoms with van der Waals surface area (Å²) in [4.78, 5) is 13.6. The predicted octanol–water partition coefficient (Wildman–Crippen LogP) is 3.24. The van der Waals surface area contributed by atoms with E-state index in [9.17, 15) is 9.90 Å². The topological polar surface area (TPSA) is 40.5 Å². The van der Waals surface area contributed by atoms with E-state index in [1.54, 1.807) is 0 Å². The Labute approximate surface area is 112 Å². The molecule has 0 aromatic carbocycles. The molecule has 106 valence electrons. The summed E-state index contributed by atoms with van der Waals surface area (Å²) in [5.41, 5.74) is 0.340. The minimum atomic E-state index is -0.667. The summed E-state index contributed by atoms with van der Waals surface area (Å²) in [5, 5.41) is 9.37. The second-order valence-electron chi connectivity index (χ2n) is 7.06. The molecule has 18 heavy (non-hydrogen) atoms. The summed E-state index contributed by atoms with van der Waals surface area (Å²) in [6.45, 7) is 12.8. The van der Waals surface area contributed by atoms with Gasteiger partial charge in [0.1, 0.15) is 6.04 Å². The molecule has 1 heterocycles. The van der Waals surface area contributed by atoms with Gasteiger partial charge in [-0.2, -0.15) is 0 Å². The van der Waals surface area contributed by atoms with Crippen molar-refractivity contribution >= 4 is 5.97 Å². The molecule has 2 atom stereocenters. The number of nitrogens with zero attached hydrogens (tertiary/aromatic N) is 1. The lowest BCUT2D eigenvalue weighted by molar-refractivity contribution is -0.145. The van der Waals surface area contributed by atoms with Crippen molar-refractivity contribution in [2.45, 2.75) is 59.9 Å². The third-order valence-corrected chi connectivity index (χ3v) is 4.27. The molecule has 0 spiro atoms. The SMILES string of the molecule is CC(C)C(C(=O)O)N1CCCC(C(C)(C)C)CC1. The fourth-order valence-corrected chi connectivity index (χ4v) is 3.13. The summed E-state index contributed by atoms with van der Waals surface area (Å²) in [6, 6.07) is -0.316. The van der Waals surface area contributed by atoms with E-state index in [2.05, 4.69) is 25.7 Å². The molecule has 3 heteroatoms. The average Bonchev–Trinajstić information content (AvgIpc) is 2.41. The van der Waals surface area contributed by atoms with Crippen LogP contribution >= 0.6 is 0 Å². The van der Waals surface area contributed by atoms with Gasteiger partial charge >= 0.3 is 5.97 Å². The molecule has 0 bridgehead atoms. The molecule has 0 aliphatic carbocycles. The lowest BCUT2D eigenvalue weighted by Crippen LogP contribution is -2.45. The summed E-state index contributed by atoms with van der Waals surface area (Å²) in [6.07, 6.45) is 3.48. The standard InChI is InChI=1S/C15H29NO2/c1-11(2)13(14(17)18)16-9-6-7-12(8-10-16)15(3,4)5/h11-13H,6-10H2,1-5H3,(H,17,18). The van der Waals surface area contributed by atoms with Gasteiger partial charge in [0.15, 0.2) is 0 Å². The fraction of sp³-hybridized carbons (Fsp3) is 0.933. The van der Waals surface area contributed by atoms with Crippen molar-refractivity contribution in [2.24, 2.45) is 17.3 Å². The molecule has 1 fully saturated rings. The number of likely N-dealkylation sites (tertiary alicyclic amines) is 1. The normalized spacial score (nSPS) is 24.9. The van der Waals surface area contributed by atoms with Gasteiger partial charge in [-0.05, 0) is 49.6 Å². The lowest BCUT2D eigenvalue weighted by Gasteiger charge is -2.32. The van der Waals surface area contributed by atoms with Crippen LogP contribution in [0.1, 0.15) is 53.9 Å². The molecule has 0 amide bonds. The van der Waals surface area contributed by atoms with Crippen LogP contribution in [0.3, 0.4) is 0 Å². The van der Waals surface area contributed by atoms with E-state index in [1.807, 2.05) is 13.8 Å². The summed E-state index contributed by atoms with van der Waals surface area (Å²) < 4.78 is 0. The zero-order valence-electron chi connectivity index (χ0n) is 12.6. The van der Waals surface area contributed by atoms with E-state index in [1.165, 1.54) is 6.42 Å². The predicted molar refractivity (Wildman–Crippen MR) is 74.6 cm³/mol. The zero-order valence-corrected chi connectivity index (χ0v) is 12.6. The van der Waals surface area contributed by atoms with Crippen molar-refractivity contribution in [3.63, 3.8) is 0 Å². The molecule has 3 nitrogen and oxygen atoms in total. The molecule has 0 saturated carbocycles. The molecular formula is C15H29NO2. The highest BCUT2D eigenvalue weighted by Gasteiger charge is 2.33. The number of aliphatic carboxylic acids is 1. The van der Waals surface area contributed by atoms with Crippen LogP contribution in [0.2, 0.25) is 0 Å². The Morgan fingerprint density at radius 1 is 1.22 bits per heavy atom. The van der Waals surface area contributed by atoms with Gasteiger partial charge in [-0.25, -0.2) is 0 Å². The first kappa shape index (κ1) is 15.5. The van der Waals surface area contributed by atoms with Gasteiger partial charge in [-0.15, -0.1) is 0 Å². The smallest absolute Gasteiger partial charge is 0.321 e. The maximum atomic E-state index is 11.4. The van der Waals surface area contributed by atoms with Crippen LogP contribution in [0, 0.1) is 17.3 Å². The highest BCUT2D eigenvalue weighted by atomic mass is 16.4. The third-order valence-electron chi connectivity index (χ3n) is 4.27. The van der Waals surface area contributed by atoms with E-state index < -0.39 is 5.97 Å². The van der Waals surface area contributed by atoms with Crippen molar-refractivity contribution in [3.8, 4) is 0 Å². The Kier molecular flexibility index (Phi) is 5.20. The van der Waals surface area contributed by atoms with Crippen molar-refractivity contribution < 1.29 is 9.90 Å². The number of hydrogen-bond donors (Lipinski definition) is 1. The summed E-state index contributed by atoms with van der Waals surface area (Å²) in [5.74, 6) is 0.219. The van der Waals surface area contributed by atoms with E-state index in [4.69, 9.17) is 0 Å². The molecular weight excluding hydrogens is 226 g/mol. The number of carbonyl (C=O) groups is 1. The van der Waals surface area contributed by atoms with Crippen molar-refractivity contribution in [3.05, 3.63) is 0 Å². The minimum Gasteiger partial charge on any atom is -0.480 e. The Morgan fingerprint density at radius 2 is 1.83 bits per heavy atom. The van der Waals surface area contributed by atoms with Gasteiger partial charge in [0, 0.05) is 0 Å². The molecule has 1 rings (SSSR count).